The molecule has 0 spiro atoms. The highest BCUT2D eigenvalue weighted by molar-refractivity contribution is 5.80. The monoisotopic (exact) mass is 390 g/mol. The van der Waals surface area contributed by atoms with Crippen molar-refractivity contribution < 1.29 is 14.3 Å². The molecule has 7 heteroatoms. The van der Waals surface area contributed by atoms with Gasteiger partial charge in [0.2, 0.25) is 0 Å². The Bertz CT molecular complexity index is 697. The van der Waals surface area contributed by atoms with Crippen LogP contribution in [0.2, 0.25) is 0 Å². The Morgan fingerprint density at radius 3 is 2.71 bits per heavy atom. The Labute approximate surface area is 168 Å². The molecule has 1 atom stereocenters. The van der Waals surface area contributed by atoms with E-state index in [-0.39, 0.29) is 12.1 Å². The van der Waals surface area contributed by atoms with Gasteiger partial charge in [-0.2, -0.15) is 0 Å². The fraction of sp³-hybridized carbons (Fsp3) is 0.619. The highest BCUT2D eigenvalue weighted by Crippen LogP contribution is 2.18. The van der Waals surface area contributed by atoms with E-state index in [0.717, 1.165) is 42.3 Å². The van der Waals surface area contributed by atoms with Gasteiger partial charge in [0.15, 0.2) is 5.96 Å². The molecule has 156 valence electrons. The van der Waals surface area contributed by atoms with Crippen LogP contribution < -0.4 is 15.4 Å². The second-order valence-corrected chi connectivity index (χ2v) is 8.11. The van der Waals surface area contributed by atoms with E-state index in [4.69, 9.17) is 14.5 Å². The van der Waals surface area contributed by atoms with Crippen molar-refractivity contribution >= 4 is 12.1 Å². The van der Waals surface area contributed by atoms with Crippen LogP contribution in [0.3, 0.4) is 0 Å². The lowest BCUT2D eigenvalue weighted by molar-refractivity contribution is 0.0507. The molecule has 2 N–H and O–H groups in total. The number of alkyl carbamates (subject to hydrolysis) is 1. The van der Waals surface area contributed by atoms with Crippen LogP contribution >= 0.6 is 0 Å². The fourth-order valence-corrected chi connectivity index (χ4v) is 3.17. The number of ether oxygens (including phenoxy) is 2. The van der Waals surface area contributed by atoms with Crippen LogP contribution in [-0.2, 0) is 11.3 Å². The van der Waals surface area contributed by atoms with Gasteiger partial charge < -0.3 is 25.0 Å². The summed E-state index contributed by atoms with van der Waals surface area (Å²) >= 11 is 0. The van der Waals surface area contributed by atoms with Crippen LogP contribution in [0.25, 0.3) is 0 Å². The Kier molecular flexibility index (Phi) is 7.54. The molecule has 2 rings (SSSR count). The summed E-state index contributed by atoms with van der Waals surface area (Å²) in [6.45, 7) is 12.6. The minimum Gasteiger partial charge on any atom is -0.497 e. The van der Waals surface area contributed by atoms with E-state index in [1.165, 1.54) is 0 Å². The lowest BCUT2D eigenvalue weighted by Crippen LogP contribution is -2.44. The average molecular weight is 391 g/mol. The summed E-state index contributed by atoms with van der Waals surface area (Å²) in [7, 11) is 1.67. The molecular weight excluding hydrogens is 356 g/mol. The molecule has 1 aliphatic rings. The highest BCUT2D eigenvalue weighted by Gasteiger charge is 2.27. The summed E-state index contributed by atoms with van der Waals surface area (Å²) in [5.41, 5.74) is 1.76. The molecule has 1 heterocycles. The fourth-order valence-electron chi connectivity index (χ4n) is 3.17. The number of amides is 1. The number of rotatable bonds is 5. The van der Waals surface area contributed by atoms with E-state index >= 15 is 0 Å². The first-order chi connectivity index (χ1) is 13.2. The van der Waals surface area contributed by atoms with Gasteiger partial charge in [-0.25, -0.2) is 9.79 Å². The summed E-state index contributed by atoms with van der Waals surface area (Å²) in [6, 6.07) is 6.19. The summed E-state index contributed by atoms with van der Waals surface area (Å²) in [4.78, 5) is 19.0. The number of aliphatic imine (C=N–C) groups is 1. The first kappa shape index (κ1) is 21.9. The van der Waals surface area contributed by atoms with E-state index in [0.29, 0.717) is 13.1 Å². The number of methoxy groups -OCH3 is 1. The number of hydrogen-bond acceptors (Lipinski definition) is 4. The van der Waals surface area contributed by atoms with Gasteiger partial charge in [-0.1, -0.05) is 6.07 Å². The maximum Gasteiger partial charge on any atom is 0.407 e. The molecule has 1 saturated heterocycles. The third-order valence-corrected chi connectivity index (χ3v) is 4.30. The van der Waals surface area contributed by atoms with Crippen molar-refractivity contribution in [3.63, 3.8) is 0 Å². The number of hydrogen-bond donors (Lipinski definition) is 2. The van der Waals surface area contributed by atoms with Crippen molar-refractivity contribution in [2.75, 3.05) is 26.7 Å². The highest BCUT2D eigenvalue weighted by atomic mass is 16.6. The summed E-state index contributed by atoms with van der Waals surface area (Å²) in [5.74, 6) is 1.70. The van der Waals surface area contributed by atoms with Crippen LogP contribution in [0.5, 0.6) is 5.75 Å². The third-order valence-electron chi connectivity index (χ3n) is 4.30. The molecular formula is C21H34N4O3. The maximum absolute atomic E-state index is 12.0. The normalized spacial score (nSPS) is 17.4. The van der Waals surface area contributed by atoms with Crippen molar-refractivity contribution in [2.45, 2.75) is 59.2 Å². The van der Waals surface area contributed by atoms with Gasteiger partial charge >= 0.3 is 6.09 Å². The van der Waals surface area contributed by atoms with Crippen molar-refractivity contribution in [1.82, 2.24) is 15.5 Å². The molecule has 28 heavy (non-hydrogen) atoms. The topological polar surface area (TPSA) is 75.2 Å². The molecule has 1 amide bonds. The predicted molar refractivity (Wildman–Crippen MR) is 112 cm³/mol. The first-order valence-corrected chi connectivity index (χ1v) is 9.87. The zero-order chi connectivity index (χ0) is 20.7. The quantitative estimate of drug-likeness (QED) is 0.597. The number of guanidine groups is 1. The van der Waals surface area contributed by atoms with Crippen molar-refractivity contribution in [2.24, 2.45) is 4.99 Å². The van der Waals surface area contributed by atoms with E-state index in [1.54, 1.807) is 7.11 Å². The number of carbonyl (C=O) groups excluding carboxylic acids is 1. The maximum atomic E-state index is 12.0. The number of aryl methyl sites for hydroxylation is 1. The van der Waals surface area contributed by atoms with Crippen LogP contribution in [0.1, 0.15) is 45.2 Å². The van der Waals surface area contributed by atoms with Gasteiger partial charge in [-0.3, -0.25) is 0 Å². The summed E-state index contributed by atoms with van der Waals surface area (Å²) in [6.07, 6.45) is 0.496. The number of nitrogens with one attached hydrogen (secondary N) is 2. The van der Waals surface area contributed by atoms with Crippen LogP contribution in [0.15, 0.2) is 23.2 Å². The van der Waals surface area contributed by atoms with E-state index < -0.39 is 5.60 Å². The standard InChI is InChI=1S/C21H34N4O3/c1-7-22-19(23-13-16-10-15(2)11-18(12-16)27-6)25-9-8-17(14-25)24-20(26)28-21(3,4)5/h10-12,17H,7-9,13-14H2,1-6H3,(H,22,23)(H,24,26)/t17-/m1/s1. The number of nitrogens with zero attached hydrogens (tertiary/aromatic N) is 2. The summed E-state index contributed by atoms with van der Waals surface area (Å²) < 4.78 is 10.7. The SMILES string of the molecule is CCNC(=NCc1cc(C)cc(OC)c1)N1CC[C@@H](NC(=O)OC(C)(C)C)C1. The van der Waals surface area contributed by atoms with Crippen molar-refractivity contribution in [1.29, 1.82) is 0 Å². The van der Waals surface area contributed by atoms with Crippen LogP contribution in [0, 0.1) is 6.92 Å². The third kappa shape index (κ3) is 6.94. The Hall–Kier alpha value is -2.44. The zero-order valence-corrected chi connectivity index (χ0v) is 18.0. The van der Waals surface area contributed by atoms with Gasteiger partial charge in [0.1, 0.15) is 11.4 Å². The molecule has 1 aromatic carbocycles. The second kappa shape index (κ2) is 9.66. The summed E-state index contributed by atoms with van der Waals surface area (Å²) in [5, 5.41) is 6.31. The van der Waals surface area contributed by atoms with Crippen molar-refractivity contribution in [3.8, 4) is 5.75 Å². The second-order valence-electron chi connectivity index (χ2n) is 8.11. The molecule has 0 saturated carbocycles. The van der Waals surface area contributed by atoms with Crippen LogP contribution in [-0.4, -0.2) is 55.3 Å². The molecule has 1 aliphatic heterocycles. The number of benzene rings is 1. The van der Waals surface area contributed by atoms with E-state index in [9.17, 15) is 4.79 Å². The zero-order valence-electron chi connectivity index (χ0n) is 18.0. The van der Waals surface area contributed by atoms with Gasteiger partial charge in [0.25, 0.3) is 0 Å². The average Bonchev–Trinajstić information content (AvgIpc) is 3.04. The Morgan fingerprint density at radius 2 is 2.07 bits per heavy atom. The smallest absolute Gasteiger partial charge is 0.407 e. The first-order valence-electron chi connectivity index (χ1n) is 9.87. The molecule has 0 aliphatic carbocycles. The molecule has 1 aromatic rings. The molecule has 0 aromatic heterocycles. The Morgan fingerprint density at radius 1 is 1.32 bits per heavy atom. The van der Waals surface area contributed by atoms with Gasteiger partial charge in [-0.15, -0.1) is 0 Å². The van der Waals surface area contributed by atoms with Gasteiger partial charge in [0.05, 0.1) is 19.7 Å². The molecule has 7 nitrogen and oxygen atoms in total. The minimum absolute atomic E-state index is 0.0535. The number of likely N-dealkylation sites (tertiary alicyclic amines) is 1. The van der Waals surface area contributed by atoms with Crippen LogP contribution in [0.4, 0.5) is 4.79 Å². The van der Waals surface area contributed by atoms with E-state index in [2.05, 4.69) is 28.5 Å². The minimum atomic E-state index is -0.492. The molecule has 0 unspecified atom stereocenters. The lowest BCUT2D eigenvalue weighted by Gasteiger charge is -2.23. The lowest BCUT2D eigenvalue weighted by atomic mass is 10.1. The predicted octanol–water partition coefficient (Wildman–Crippen LogP) is 3.07. The van der Waals surface area contributed by atoms with E-state index in [1.807, 2.05) is 39.8 Å². The Balaban J connectivity index is 1.99. The van der Waals surface area contributed by atoms with Crippen molar-refractivity contribution in [3.05, 3.63) is 29.3 Å². The molecule has 0 bridgehead atoms. The molecule has 1 fully saturated rings. The largest absolute Gasteiger partial charge is 0.497 e. The molecule has 0 radical (unpaired) electrons. The number of carbonyl (C=O) groups is 1. The van der Waals surface area contributed by atoms with Gasteiger partial charge in [-0.05, 0) is 64.3 Å². The van der Waals surface area contributed by atoms with Gasteiger partial charge in [0, 0.05) is 19.6 Å².